The Balaban J connectivity index is 1.68. The van der Waals surface area contributed by atoms with Crippen LogP contribution in [-0.2, 0) is 6.42 Å². The molecular weight excluding hydrogens is 344 g/mol. The molecule has 0 spiro atoms. The highest BCUT2D eigenvalue weighted by molar-refractivity contribution is 7.17. The van der Waals surface area contributed by atoms with Gasteiger partial charge in [0.1, 0.15) is 0 Å². The molecule has 0 fully saturated rings. The summed E-state index contributed by atoms with van der Waals surface area (Å²) in [5.74, 6) is -0.153. The molecule has 8 nitrogen and oxygen atoms in total. The van der Waals surface area contributed by atoms with Crippen molar-refractivity contribution in [2.45, 2.75) is 20.3 Å². The fraction of sp³-hybridized carbons (Fsp3) is 0.188. The fourth-order valence-electron chi connectivity index (χ4n) is 2.29. The number of hydrogen-bond donors (Lipinski definition) is 1. The minimum Gasteiger partial charge on any atom is -0.407 e. The van der Waals surface area contributed by atoms with Gasteiger partial charge in [0.05, 0.1) is 16.2 Å². The van der Waals surface area contributed by atoms with E-state index in [9.17, 15) is 14.9 Å². The molecule has 128 valence electrons. The molecule has 1 N–H and O–H groups in total. The number of thiophene rings is 1. The molecule has 0 atom stereocenters. The van der Waals surface area contributed by atoms with Gasteiger partial charge in [-0.1, -0.05) is 40.2 Å². The minimum absolute atomic E-state index is 0.0409. The predicted molar refractivity (Wildman–Crippen MR) is 91.9 cm³/mol. The third kappa shape index (κ3) is 3.89. The zero-order valence-electron chi connectivity index (χ0n) is 13.5. The van der Waals surface area contributed by atoms with Crippen LogP contribution in [0.3, 0.4) is 0 Å². The minimum atomic E-state index is -0.545. The van der Waals surface area contributed by atoms with Crippen LogP contribution in [0.1, 0.15) is 32.3 Å². The van der Waals surface area contributed by atoms with Crippen molar-refractivity contribution in [1.29, 1.82) is 0 Å². The SMILES string of the molecule is Cc1ccc(Cc2nnc(NC(=O)c3ccc([N+](=O)[O-])s3)o2)c(C)c1. The van der Waals surface area contributed by atoms with E-state index in [1.54, 1.807) is 0 Å². The van der Waals surface area contributed by atoms with Crippen LogP contribution < -0.4 is 5.32 Å². The first-order chi connectivity index (χ1) is 11.9. The summed E-state index contributed by atoms with van der Waals surface area (Å²) >= 11 is 0.780. The first-order valence-corrected chi connectivity index (χ1v) is 8.18. The second-order valence-corrected chi connectivity index (χ2v) is 6.52. The zero-order chi connectivity index (χ0) is 18.0. The number of nitro groups is 1. The van der Waals surface area contributed by atoms with E-state index in [1.165, 1.54) is 17.7 Å². The van der Waals surface area contributed by atoms with Crippen LogP contribution in [0.4, 0.5) is 11.0 Å². The van der Waals surface area contributed by atoms with Gasteiger partial charge in [0.2, 0.25) is 5.89 Å². The van der Waals surface area contributed by atoms with Gasteiger partial charge in [0, 0.05) is 6.07 Å². The Morgan fingerprint density at radius 2 is 2.08 bits per heavy atom. The molecule has 0 aliphatic rings. The van der Waals surface area contributed by atoms with Crippen molar-refractivity contribution >= 4 is 28.3 Å². The number of carbonyl (C=O) groups excluding carboxylic acids is 1. The van der Waals surface area contributed by atoms with Crippen LogP contribution in [0, 0.1) is 24.0 Å². The molecule has 0 radical (unpaired) electrons. The van der Waals surface area contributed by atoms with Crippen molar-refractivity contribution in [2.75, 3.05) is 5.32 Å². The second-order valence-electron chi connectivity index (χ2n) is 5.46. The van der Waals surface area contributed by atoms with Crippen molar-refractivity contribution in [1.82, 2.24) is 10.2 Å². The lowest BCUT2D eigenvalue weighted by Gasteiger charge is -2.03. The molecule has 0 unspecified atom stereocenters. The summed E-state index contributed by atoms with van der Waals surface area (Å²) in [6, 6.07) is 8.69. The third-order valence-corrected chi connectivity index (χ3v) is 4.56. The maximum Gasteiger partial charge on any atom is 0.324 e. The molecular formula is C16H14N4O4S. The molecule has 0 aliphatic carbocycles. The molecule has 1 aromatic carbocycles. The molecule has 0 bridgehead atoms. The van der Waals surface area contributed by atoms with Crippen LogP contribution >= 0.6 is 11.3 Å². The second kappa shape index (κ2) is 6.81. The Labute approximate surface area is 146 Å². The molecule has 3 rings (SSSR count). The zero-order valence-corrected chi connectivity index (χ0v) is 14.3. The first kappa shape index (κ1) is 16.8. The molecule has 2 heterocycles. The lowest BCUT2D eigenvalue weighted by atomic mass is 10.0. The topological polar surface area (TPSA) is 111 Å². The number of carbonyl (C=O) groups is 1. The Hall–Kier alpha value is -3.07. The van der Waals surface area contributed by atoms with E-state index >= 15 is 0 Å². The fourth-order valence-corrected chi connectivity index (χ4v) is 3.00. The molecule has 0 aliphatic heterocycles. The highest BCUT2D eigenvalue weighted by Gasteiger charge is 2.17. The molecule has 0 saturated carbocycles. The number of anilines is 1. The van der Waals surface area contributed by atoms with Crippen molar-refractivity contribution < 1.29 is 14.1 Å². The van der Waals surface area contributed by atoms with Gasteiger partial charge in [0.15, 0.2) is 0 Å². The normalized spacial score (nSPS) is 10.6. The largest absolute Gasteiger partial charge is 0.407 e. The number of benzene rings is 1. The van der Waals surface area contributed by atoms with Crippen LogP contribution in [0.15, 0.2) is 34.7 Å². The van der Waals surface area contributed by atoms with Crippen molar-refractivity contribution in [3.8, 4) is 0 Å². The first-order valence-electron chi connectivity index (χ1n) is 7.36. The Morgan fingerprint density at radius 1 is 1.28 bits per heavy atom. The number of amides is 1. The van der Waals surface area contributed by atoms with Gasteiger partial charge in [-0.3, -0.25) is 20.2 Å². The smallest absolute Gasteiger partial charge is 0.324 e. The number of nitrogens with zero attached hydrogens (tertiary/aromatic N) is 3. The Morgan fingerprint density at radius 3 is 2.76 bits per heavy atom. The van der Waals surface area contributed by atoms with Crippen molar-refractivity contribution in [3.63, 3.8) is 0 Å². The van der Waals surface area contributed by atoms with Gasteiger partial charge in [-0.15, -0.1) is 5.10 Å². The number of rotatable bonds is 5. The van der Waals surface area contributed by atoms with E-state index in [0.717, 1.165) is 22.5 Å². The average Bonchev–Trinajstić information content (AvgIpc) is 3.19. The third-order valence-electron chi connectivity index (χ3n) is 3.52. The lowest BCUT2D eigenvalue weighted by Crippen LogP contribution is -2.10. The van der Waals surface area contributed by atoms with Gasteiger partial charge < -0.3 is 4.42 Å². The van der Waals surface area contributed by atoms with Crippen molar-refractivity contribution in [3.05, 3.63) is 67.9 Å². The Bertz CT molecular complexity index is 947. The highest BCUT2D eigenvalue weighted by Crippen LogP contribution is 2.24. The van der Waals surface area contributed by atoms with E-state index in [0.29, 0.717) is 12.3 Å². The summed E-state index contributed by atoms with van der Waals surface area (Å²) in [5, 5.41) is 20.7. The van der Waals surface area contributed by atoms with E-state index in [1.807, 2.05) is 26.0 Å². The van der Waals surface area contributed by atoms with Gasteiger partial charge >= 0.3 is 11.0 Å². The van der Waals surface area contributed by atoms with Crippen molar-refractivity contribution in [2.24, 2.45) is 0 Å². The lowest BCUT2D eigenvalue weighted by molar-refractivity contribution is -0.380. The number of hydrogen-bond acceptors (Lipinski definition) is 7. The van der Waals surface area contributed by atoms with E-state index in [2.05, 4.69) is 21.6 Å². The van der Waals surface area contributed by atoms with Crippen LogP contribution in [-0.4, -0.2) is 21.0 Å². The molecule has 1 amide bonds. The van der Waals surface area contributed by atoms with Gasteiger partial charge in [-0.25, -0.2) is 0 Å². The van der Waals surface area contributed by atoms with E-state index in [4.69, 9.17) is 4.42 Å². The molecule has 25 heavy (non-hydrogen) atoms. The summed E-state index contributed by atoms with van der Waals surface area (Å²) < 4.78 is 5.44. The summed E-state index contributed by atoms with van der Waals surface area (Å²) in [6.07, 6.45) is 0.458. The molecule has 3 aromatic rings. The molecule has 9 heteroatoms. The average molecular weight is 358 g/mol. The summed E-state index contributed by atoms with van der Waals surface area (Å²) in [6.45, 7) is 4.02. The maximum absolute atomic E-state index is 12.1. The number of nitrogens with one attached hydrogen (secondary N) is 1. The van der Waals surface area contributed by atoms with Gasteiger partial charge in [0.25, 0.3) is 5.91 Å². The summed E-state index contributed by atoms with van der Waals surface area (Å²) in [7, 11) is 0. The van der Waals surface area contributed by atoms with Crippen LogP contribution in [0.2, 0.25) is 0 Å². The Kier molecular flexibility index (Phi) is 4.57. The van der Waals surface area contributed by atoms with Gasteiger partial charge in [-0.05, 0) is 31.0 Å². The quantitative estimate of drug-likeness (QED) is 0.552. The van der Waals surface area contributed by atoms with Gasteiger partial charge in [-0.2, -0.15) is 0 Å². The monoisotopic (exact) mass is 358 g/mol. The van der Waals surface area contributed by atoms with E-state index in [-0.39, 0.29) is 15.9 Å². The van der Waals surface area contributed by atoms with Crippen LogP contribution in [0.25, 0.3) is 0 Å². The molecule has 0 saturated heterocycles. The van der Waals surface area contributed by atoms with E-state index < -0.39 is 10.8 Å². The molecule has 2 aromatic heterocycles. The number of aryl methyl sites for hydroxylation is 2. The van der Waals surface area contributed by atoms with Crippen LogP contribution in [0.5, 0.6) is 0 Å². The maximum atomic E-state index is 12.1. The number of aromatic nitrogens is 2. The summed E-state index contributed by atoms with van der Waals surface area (Å²) in [5.41, 5.74) is 3.35. The summed E-state index contributed by atoms with van der Waals surface area (Å²) in [4.78, 5) is 22.4. The standard InChI is InChI=1S/C16H14N4O4S/c1-9-3-4-11(10(2)7-9)8-13-18-19-16(24-13)17-15(21)12-5-6-14(25-12)20(22)23/h3-7H,8H2,1-2H3,(H,17,19,21). The highest BCUT2D eigenvalue weighted by atomic mass is 32.1. The predicted octanol–water partition coefficient (Wildman–Crippen LogP) is 3.50.